The van der Waals surface area contributed by atoms with Crippen molar-refractivity contribution in [2.45, 2.75) is 19.6 Å². The van der Waals surface area contributed by atoms with Gasteiger partial charge in [0.15, 0.2) is 17.2 Å². The fourth-order valence-corrected chi connectivity index (χ4v) is 2.74. The predicted octanol–water partition coefficient (Wildman–Crippen LogP) is 3.26. The molecule has 0 saturated heterocycles. The number of rotatable bonds is 8. The van der Waals surface area contributed by atoms with Gasteiger partial charge in [-0.2, -0.15) is 0 Å². The monoisotopic (exact) mass is 394 g/mol. The Balaban J connectivity index is 1.55. The van der Waals surface area contributed by atoms with Crippen LogP contribution in [0.2, 0.25) is 0 Å². The highest BCUT2D eigenvalue weighted by molar-refractivity contribution is 5.94. The van der Waals surface area contributed by atoms with Crippen molar-refractivity contribution in [3.05, 3.63) is 83.2 Å². The number of nitrogens with zero attached hydrogens (tertiary/aromatic N) is 2. The first-order valence-electron chi connectivity index (χ1n) is 9.12. The van der Waals surface area contributed by atoms with E-state index in [1.165, 1.54) is 17.9 Å². The Bertz CT molecular complexity index is 966. The average molecular weight is 394 g/mol. The number of hydrogen-bond donors (Lipinski definition) is 1. The van der Waals surface area contributed by atoms with Gasteiger partial charge in [0.2, 0.25) is 0 Å². The fourth-order valence-electron chi connectivity index (χ4n) is 2.74. The van der Waals surface area contributed by atoms with E-state index < -0.39 is 6.10 Å². The van der Waals surface area contributed by atoms with E-state index in [4.69, 9.17) is 9.26 Å². The fraction of sp³-hybridized carbons (Fsp3) is 0.227. The number of benzene rings is 2. The van der Waals surface area contributed by atoms with Crippen molar-refractivity contribution >= 4 is 11.7 Å². The lowest BCUT2D eigenvalue weighted by Crippen LogP contribution is -2.31. The standard InChI is InChI=1S/C22H22N2O5/c1-15(25)16-8-10-18(11-9-16)28-14-19-12-20(23-29-19)22(27)24(2)13-21(26)17-6-4-3-5-7-17/h3-12,21,26H,13-14H2,1-2H3. The van der Waals surface area contributed by atoms with Crippen molar-refractivity contribution in [3.8, 4) is 5.75 Å². The number of carbonyl (C=O) groups excluding carboxylic acids is 2. The molecular formula is C22H22N2O5. The van der Waals surface area contributed by atoms with Crippen molar-refractivity contribution in [3.63, 3.8) is 0 Å². The molecule has 0 fully saturated rings. The number of amides is 1. The van der Waals surface area contributed by atoms with Crippen LogP contribution < -0.4 is 4.74 Å². The first-order valence-corrected chi connectivity index (χ1v) is 9.12. The molecule has 150 valence electrons. The Morgan fingerprint density at radius 1 is 1.14 bits per heavy atom. The van der Waals surface area contributed by atoms with Crippen molar-refractivity contribution in [1.82, 2.24) is 10.1 Å². The number of Topliss-reactive ketones (excluding diaryl/α,β-unsaturated/α-hetero) is 1. The van der Waals surface area contributed by atoms with Gasteiger partial charge in [0.1, 0.15) is 12.4 Å². The van der Waals surface area contributed by atoms with Crippen LogP contribution in [0.1, 0.15) is 45.2 Å². The van der Waals surface area contributed by atoms with Gasteiger partial charge in [-0.15, -0.1) is 0 Å². The average Bonchev–Trinajstić information content (AvgIpc) is 3.21. The van der Waals surface area contributed by atoms with E-state index in [1.54, 1.807) is 43.4 Å². The summed E-state index contributed by atoms with van der Waals surface area (Å²) >= 11 is 0. The second-order valence-corrected chi connectivity index (χ2v) is 6.66. The molecule has 2 aromatic carbocycles. The van der Waals surface area contributed by atoms with Gasteiger partial charge in [0, 0.05) is 18.7 Å². The molecule has 29 heavy (non-hydrogen) atoms. The van der Waals surface area contributed by atoms with E-state index in [1.807, 2.05) is 18.2 Å². The molecule has 0 aliphatic carbocycles. The first kappa shape index (κ1) is 20.3. The van der Waals surface area contributed by atoms with Gasteiger partial charge in [-0.05, 0) is 36.8 Å². The summed E-state index contributed by atoms with van der Waals surface area (Å²) in [5.74, 6) is 0.584. The maximum Gasteiger partial charge on any atom is 0.275 e. The minimum Gasteiger partial charge on any atom is -0.486 e. The summed E-state index contributed by atoms with van der Waals surface area (Å²) in [6.07, 6.45) is -0.794. The normalized spacial score (nSPS) is 11.7. The van der Waals surface area contributed by atoms with Gasteiger partial charge in [0.25, 0.3) is 5.91 Å². The van der Waals surface area contributed by atoms with Crippen LogP contribution >= 0.6 is 0 Å². The van der Waals surface area contributed by atoms with Crippen LogP contribution in [-0.2, 0) is 6.61 Å². The predicted molar refractivity (Wildman–Crippen MR) is 106 cm³/mol. The van der Waals surface area contributed by atoms with Crippen molar-refractivity contribution in [2.75, 3.05) is 13.6 Å². The zero-order chi connectivity index (χ0) is 20.8. The molecule has 7 heteroatoms. The lowest BCUT2D eigenvalue weighted by molar-refractivity contribution is 0.0671. The molecule has 0 aliphatic rings. The summed E-state index contributed by atoms with van der Waals surface area (Å²) in [7, 11) is 1.59. The van der Waals surface area contributed by atoms with Crippen molar-refractivity contribution < 1.29 is 24.0 Å². The zero-order valence-electron chi connectivity index (χ0n) is 16.2. The van der Waals surface area contributed by atoms with Crippen molar-refractivity contribution in [1.29, 1.82) is 0 Å². The zero-order valence-corrected chi connectivity index (χ0v) is 16.2. The Morgan fingerprint density at radius 3 is 2.48 bits per heavy atom. The molecule has 1 N–H and O–H groups in total. The Kier molecular flexibility index (Phi) is 6.41. The highest BCUT2D eigenvalue weighted by atomic mass is 16.5. The summed E-state index contributed by atoms with van der Waals surface area (Å²) < 4.78 is 10.8. The molecule has 3 rings (SSSR count). The second kappa shape index (κ2) is 9.16. The van der Waals surface area contributed by atoms with Crippen LogP contribution in [0.25, 0.3) is 0 Å². The number of carbonyl (C=O) groups is 2. The number of aromatic nitrogens is 1. The van der Waals surface area contributed by atoms with Crippen LogP contribution in [-0.4, -0.2) is 40.4 Å². The number of hydrogen-bond acceptors (Lipinski definition) is 6. The lowest BCUT2D eigenvalue weighted by Gasteiger charge is -2.20. The van der Waals surface area contributed by atoms with E-state index in [2.05, 4.69) is 5.16 Å². The Morgan fingerprint density at radius 2 is 1.83 bits per heavy atom. The number of ketones is 1. The number of aliphatic hydroxyl groups is 1. The summed E-state index contributed by atoms with van der Waals surface area (Å²) in [6.45, 7) is 1.72. The third-order valence-electron chi connectivity index (χ3n) is 4.40. The van der Waals surface area contributed by atoms with E-state index >= 15 is 0 Å². The summed E-state index contributed by atoms with van der Waals surface area (Å²) in [5.41, 5.74) is 1.47. The number of aliphatic hydroxyl groups excluding tert-OH is 1. The Labute approximate surface area is 168 Å². The van der Waals surface area contributed by atoms with Gasteiger partial charge in [-0.25, -0.2) is 0 Å². The maximum atomic E-state index is 12.5. The Hall–Kier alpha value is -3.45. The van der Waals surface area contributed by atoms with E-state index in [0.29, 0.717) is 17.1 Å². The summed E-state index contributed by atoms with van der Waals surface area (Å²) in [4.78, 5) is 25.2. The molecule has 0 spiro atoms. The van der Waals surface area contributed by atoms with Crippen LogP contribution in [0, 0.1) is 0 Å². The molecule has 0 aliphatic heterocycles. The highest BCUT2D eigenvalue weighted by Crippen LogP contribution is 2.17. The topological polar surface area (TPSA) is 92.9 Å². The molecule has 1 heterocycles. The summed E-state index contributed by atoms with van der Waals surface area (Å²) in [5, 5.41) is 14.1. The molecule has 7 nitrogen and oxygen atoms in total. The van der Waals surface area contributed by atoms with Gasteiger partial charge in [-0.3, -0.25) is 9.59 Å². The molecular weight excluding hydrogens is 372 g/mol. The maximum absolute atomic E-state index is 12.5. The second-order valence-electron chi connectivity index (χ2n) is 6.66. The molecule has 0 bridgehead atoms. The largest absolute Gasteiger partial charge is 0.486 e. The SMILES string of the molecule is CC(=O)c1ccc(OCc2cc(C(=O)N(C)CC(O)c3ccccc3)no2)cc1. The van der Waals surface area contributed by atoms with E-state index in [0.717, 1.165) is 5.56 Å². The van der Waals surface area contributed by atoms with Crippen molar-refractivity contribution in [2.24, 2.45) is 0 Å². The molecule has 1 unspecified atom stereocenters. The van der Waals surface area contributed by atoms with E-state index in [-0.39, 0.29) is 30.5 Å². The van der Waals surface area contributed by atoms with Gasteiger partial charge >= 0.3 is 0 Å². The summed E-state index contributed by atoms with van der Waals surface area (Å²) in [6, 6.07) is 17.4. The minimum absolute atomic E-state index is 0.0172. The van der Waals surface area contributed by atoms with Crippen LogP contribution in [0.5, 0.6) is 5.75 Å². The number of likely N-dealkylation sites (N-methyl/N-ethyl adjacent to an activating group) is 1. The molecule has 3 aromatic rings. The first-order chi connectivity index (χ1) is 13.9. The van der Waals surface area contributed by atoms with Crippen LogP contribution in [0.3, 0.4) is 0 Å². The quantitative estimate of drug-likeness (QED) is 0.590. The highest BCUT2D eigenvalue weighted by Gasteiger charge is 2.20. The van der Waals surface area contributed by atoms with Gasteiger partial charge in [-0.1, -0.05) is 35.5 Å². The number of ether oxygens (including phenoxy) is 1. The smallest absolute Gasteiger partial charge is 0.275 e. The third kappa shape index (κ3) is 5.30. The van der Waals surface area contributed by atoms with Gasteiger partial charge < -0.3 is 19.3 Å². The lowest BCUT2D eigenvalue weighted by atomic mass is 10.1. The third-order valence-corrected chi connectivity index (χ3v) is 4.40. The molecule has 0 saturated carbocycles. The van der Waals surface area contributed by atoms with Gasteiger partial charge in [0.05, 0.1) is 12.6 Å². The molecule has 1 atom stereocenters. The molecule has 1 aromatic heterocycles. The molecule has 0 radical (unpaired) electrons. The molecule has 1 amide bonds. The van der Waals surface area contributed by atoms with E-state index in [9.17, 15) is 14.7 Å². The van der Waals surface area contributed by atoms with Crippen LogP contribution in [0.4, 0.5) is 0 Å². The minimum atomic E-state index is -0.794. The van der Waals surface area contributed by atoms with Crippen LogP contribution in [0.15, 0.2) is 65.2 Å².